The van der Waals surface area contributed by atoms with Crippen LogP contribution in [0.5, 0.6) is 11.6 Å². The summed E-state index contributed by atoms with van der Waals surface area (Å²) in [6.45, 7) is 6.47. The lowest BCUT2D eigenvalue weighted by Gasteiger charge is -2.37. The normalized spacial score (nSPS) is 14.7. The Morgan fingerprint density at radius 2 is 1.73 bits per heavy atom. The number of hydrogen-bond acceptors (Lipinski definition) is 6. The first-order chi connectivity index (χ1) is 17.4. The number of carbonyl (C=O) groups excluding carboxylic acids is 2. The number of nitrogens with one attached hydrogen (secondary N) is 2. The highest BCUT2D eigenvalue weighted by Crippen LogP contribution is 2.52. The number of carbonyl (C=O) groups is 2. The predicted octanol–water partition coefficient (Wildman–Crippen LogP) is 4.20. The predicted molar refractivity (Wildman–Crippen MR) is 136 cm³/mol. The summed E-state index contributed by atoms with van der Waals surface area (Å²) in [5.41, 5.74) is 0.934. The Kier molecular flexibility index (Phi) is 7.03. The molecule has 37 heavy (non-hydrogen) atoms. The van der Waals surface area contributed by atoms with E-state index in [0.717, 1.165) is 11.1 Å². The second kappa shape index (κ2) is 9.91. The van der Waals surface area contributed by atoms with Gasteiger partial charge in [-0.3, -0.25) is 10.1 Å². The minimum Gasteiger partial charge on any atom is -0.435 e. The van der Waals surface area contributed by atoms with E-state index in [9.17, 15) is 19.1 Å². The molecule has 2 aromatic carbocycles. The number of nitrogens with zero attached hydrogens (tertiary/aromatic N) is 1. The third kappa shape index (κ3) is 5.19. The second-order valence-electron chi connectivity index (χ2n) is 10.1. The number of ether oxygens (including phenoxy) is 1. The van der Waals surface area contributed by atoms with Gasteiger partial charge in [0.2, 0.25) is 11.8 Å². The Labute approximate surface area is 214 Å². The Balaban J connectivity index is 1.75. The van der Waals surface area contributed by atoms with Gasteiger partial charge in [0.25, 0.3) is 0 Å². The second-order valence-corrected chi connectivity index (χ2v) is 10.1. The smallest absolute Gasteiger partial charge is 0.321 e. The first kappa shape index (κ1) is 26.2. The van der Waals surface area contributed by atoms with Crippen molar-refractivity contribution in [3.8, 4) is 22.9 Å². The summed E-state index contributed by atoms with van der Waals surface area (Å²) in [6, 6.07) is 14.6. The Morgan fingerprint density at radius 3 is 2.38 bits per heavy atom. The highest BCUT2D eigenvalue weighted by molar-refractivity contribution is 5.98. The van der Waals surface area contributed by atoms with Crippen molar-refractivity contribution in [2.45, 2.75) is 39.2 Å². The van der Waals surface area contributed by atoms with E-state index in [1.54, 1.807) is 52.0 Å². The van der Waals surface area contributed by atoms with Crippen molar-refractivity contribution < 1.29 is 28.9 Å². The number of aliphatic hydroxyl groups excluding tert-OH is 1. The van der Waals surface area contributed by atoms with Gasteiger partial charge in [-0.05, 0) is 31.5 Å². The van der Waals surface area contributed by atoms with Crippen molar-refractivity contribution in [3.63, 3.8) is 0 Å². The standard InChI is InChI=1S/C28H30FN3O5/c1-27(2,25(34)32-26(35)30-14-15-33)22-18-6-5-7-20(29)23(18)37-24-19(22)12-13-21(31-24)16-8-10-17(11-9-16)28(3,4)36/h5-13,22,33,36H,14-15H2,1-4H3,(H2,30,32,34,35). The quantitative estimate of drug-likeness (QED) is 0.397. The third-order valence-electron chi connectivity index (χ3n) is 6.53. The number of fused-ring (bicyclic) bond motifs is 2. The first-order valence-corrected chi connectivity index (χ1v) is 11.9. The molecule has 1 aromatic heterocycles. The zero-order valence-corrected chi connectivity index (χ0v) is 21.1. The zero-order valence-electron chi connectivity index (χ0n) is 21.1. The summed E-state index contributed by atoms with van der Waals surface area (Å²) in [6.07, 6.45) is 0. The fourth-order valence-electron chi connectivity index (χ4n) is 4.47. The van der Waals surface area contributed by atoms with Crippen LogP contribution in [0, 0.1) is 11.2 Å². The Hall–Kier alpha value is -3.82. The van der Waals surface area contributed by atoms with Gasteiger partial charge in [-0.25, -0.2) is 14.2 Å². The van der Waals surface area contributed by atoms with Gasteiger partial charge >= 0.3 is 6.03 Å². The Morgan fingerprint density at radius 1 is 1.03 bits per heavy atom. The number of aliphatic hydroxyl groups is 2. The van der Waals surface area contributed by atoms with Crippen molar-refractivity contribution in [3.05, 3.63) is 77.1 Å². The summed E-state index contributed by atoms with van der Waals surface area (Å²) < 4.78 is 20.8. The number of halogens is 1. The third-order valence-corrected chi connectivity index (χ3v) is 6.53. The number of para-hydroxylation sites is 1. The lowest BCUT2D eigenvalue weighted by atomic mass is 9.69. The van der Waals surface area contributed by atoms with E-state index in [1.807, 2.05) is 24.3 Å². The molecule has 3 amide bonds. The number of urea groups is 1. The van der Waals surface area contributed by atoms with Gasteiger partial charge in [-0.2, -0.15) is 0 Å². The van der Waals surface area contributed by atoms with Crippen LogP contribution >= 0.6 is 0 Å². The molecule has 0 saturated carbocycles. The summed E-state index contributed by atoms with van der Waals surface area (Å²) >= 11 is 0. The van der Waals surface area contributed by atoms with Crippen LogP contribution in [-0.2, 0) is 10.4 Å². The molecular formula is C28H30FN3O5. The molecule has 194 valence electrons. The average molecular weight is 508 g/mol. The fraction of sp³-hybridized carbons (Fsp3) is 0.321. The minimum absolute atomic E-state index is 0.00281. The van der Waals surface area contributed by atoms with Crippen LogP contribution < -0.4 is 15.4 Å². The minimum atomic E-state index is -1.21. The molecule has 4 rings (SSSR count). The monoisotopic (exact) mass is 507 g/mol. The summed E-state index contributed by atoms with van der Waals surface area (Å²) in [7, 11) is 0. The van der Waals surface area contributed by atoms with Crippen LogP contribution in [0.4, 0.5) is 9.18 Å². The fourth-order valence-corrected chi connectivity index (χ4v) is 4.47. The first-order valence-electron chi connectivity index (χ1n) is 11.9. The van der Waals surface area contributed by atoms with Gasteiger partial charge in [-0.15, -0.1) is 0 Å². The van der Waals surface area contributed by atoms with Crippen LogP contribution in [-0.4, -0.2) is 40.3 Å². The van der Waals surface area contributed by atoms with E-state index in [4.69, 9.17) is 9.84 Å². The number of rotatable bonds is 6. The van der Waals surface area contributed by atoms with Crippen LogP contribution in [0.2, 0.25) is 0 Å². The van der Waals surface area contributed by atoms with Crippen molar-refractivity contribution in [2.75, 3.05) is 13.2 Å². The number of pyridine rings is 1. The molecule has 3 aromatic rings. The van der Waals surface area contributed by atoms with Gasteiger partial charge in [-0.1, -0.05) is 56.3 Å². The number of hydrogen-bond donors (Lipinski definition) is 4. The molecule has 0 bridgehead atoms. The molecule has 0 aliphatic carbocycles. The molecule has 2 heterocycles. The van der Waals surface area contributed by atoms with Crippen molar-refractivity contribution in [1.29, 1.82) is 0 Å². The van der Waals surface area contributed by atoms with Gasteiger partial charge in [0.15, 0.2) is 11.6 Å². The molecule has 4 N–H and O–H groups in total. The van der Waals surface area contributed by atoms with Crippen molar-refractivity contribution >= 4 is 11.9 Å². The zero-order chi connectivity index (χ0) is 27.0. The van der Waals surface area contributed by atoms with Crippen molar-refractivity contribution in [2.24, 2.45) is 5.41 Å². The molecule has 0 saturated heterocycles. The maximum absolute atomic E-state index is 14.9. The maximum Gasteiger partial charge on any atom is 0.321 e. The van der Waals surface area contributed by atoms with Crippen LogP contribution in [0.15, 0.2) is 54.6 Å². The summed E-state index contributed by atoms with van der Waals surface area (Å²) in [5.74, 6) is -1.70. The maximum atomic E-state index is 14.9. The molecule has 1 unspecified atom stereocenters. The molecule has 1 atom stereocenters. The van der Waals surface area contributed by atoms with Gasteiger partial charge < -0.3 is 20.3 Å². The molecule has 9 heteroatoms. The van der Waals surface area contributed by atoms with Crippen LogP contribution in [0.1, 0.15) is 50.3 Å². The van der Waals surface area contributed by atoms with Gasteiger partial charge in [0.1, 0.15) is 0 Å². The average Bonchev–Trinajstić information content (AvgIpc) is 2.85. The molecule has 0 radical (unpaired) electrons. The topological polar surface area (TPSA) is 121 Å². The number of amides is 3. The molecular weight excluding hydrogens is 477 g/mol. The largest absolute Gasteiger partial charge is 0.435 e. The van der Waals surface area contributed by atoms with Crippen LogP contribution in [0.3, 0.4) is 0 Å². The highest BCUT2D eigenvalue weighted by Gasteiger charge is 2.45. The highest BCUT2D eigenvalue weighted by atomic mass is 19.1. The summed E-state index contributed by atoms with van der Waals surface area (Å²) in [4.78, 5) is 30.0. The van der Waals surface area contributed by atoms with Gasteiger partial charge in [0.05, 0.1) is 23.3 Å². The molecule has 8 nitrogen and oxygen atoms in total. The van der Waals surface area contributed by atoms with Crippen molar-refractivity contribution in [1.82, 2.24) is 15.6 Å². The van der Waals surface area contributed by atoms with E-state index >= 15 is 0 Å². The van der Waals surface area contributed by atoms with E-state index in [1.165, 1.54) is 6.07 Å². The van der Waals surface area contributed by atoms with E-state index in [2.05, 4.69) is 15.6 Å². The van der Waals surface area contributed by atoms with E-state index in [-0.39, 0.29) is 24.8 Å². The number of imide groups is 1. The molecule has 1 aliphatic heterocycles. The van der Waals surface area contributed by atoms with Gasteiger partial charge in [0, 0.05) is 29.2 Å². The lowest BCUT2D eigenvalue weighted by Crippen LogP contribution is -2.48. The molecule has 0 fully saturated rings. The Bertz CT molecular complexity index is 1330. The van der Waals surface area contributed by atoms with E-state index in [0.29, 0.717) is 16.8 Å². The SMILES string of the molecule is CC(C)(O)c1ccc(-c2ccc3c(n2)Oc2c(F)cccc2C3C(C)(C)C(=O)NC(=O)NCCO)cc1. The van der Waals surface area contributed by atoms with Crippen LogP contribution in [0.25, 0.3) is 11.3 Å². The van der Waals surface area contributed by atoms with E-state index < -0.39 is 34.7 Å². The lowest BCUT2D eigenvalue weighted by molar-refractivity contribution is -0.128. The summed E-state index contributed by atoms with van der Waals surface area (Å²) in [5, 5.41) is 23.8. The number of benzene rings is 2. The molecule has 0 spiro atoms. The molecule has 1 aliphatic rings. The number of aromatic nitrogens is 1.